The number of rotatable bonds is 3. The molecule has 4 heteroatoms. The van der Waals surface area contributed by atoms with Gasteiger partial charge in [0.15, 0.2) is 0 Å². The van der Waals surface area contributed by atoms with Crippen LogP contribution in [-0.4, -0.2) is 36.0 Å². The Labute approximate surface area is 137 Å². The van der Waals surface area contributed by atoms with Crippen LogP contribution in [0.1, 0.15) is 31.4 Å². The molecule has 120 valence electrons. The fraction of sp³-hybridized carbons (Fsp3) is 0.368. The molecule has 1 saturated heterocycles. The van der Waals surface area contributed by atoms with E-state index in [-0.39, 0.29) is 5.91 Å². The molecule has 0 aliphatic carbocycles. The highest BCUT2D eigenvalue weighted by Crippen LogP contribution is 2.28. The minimum atomic E-state index is 0.157. The number of methoxy groups -OCH3 is 1. The Bertz CT molecular complexity index is 665. The van der Waals surface area contributed by atoms with Gasteiger partial charge in [-0.25, -0.2) is 0 Å². The average molecular weight is 310 g/mol. The molecule has 0 spiro atoms. The number of carbonyl (C=O) groups excluding carboxylic acids is 1. The molecule has 1 aromatic heterocycles. The zero-order valence-electron chi connectivity index (χ0n) is 13.7. The maximum Gasteiger partial charge on any atom is 0.219 e. The second kappa shape index (κ2) is 6.82. The van der Waals surface area contributed by atoms with Crippen molar-refractivity contribution in [1.29, 1.82) is 0 Å². The third kappa shape index (κ3) is 3.52. The Morgan fingerprint density at radius 1 is 1.17 bits per heavy atom. The van der Waals surface area contributed by atoms with Gasteiger partial charge >= 0.3 is 0 Å². The molecule has 1 aliphatic heterocycles. The Kier molecular flexibility index (Phi) is 4.60. The number of ether oxygens (including phenoxy) is 1. The van der Waals surface area contributed by atoms with E-state index in [0.29, 0.717) is 5.92 Å². The lowest BCUT2D eigenvalue weighted by molar-refractivity contribution is -0.130. The van der Waals surface area contributed by atoms with E-state index in [1.54, 1.807) is 14.0 Å². The van der Waals surface area contributed by atoms with E-state index < -0.39 is 0 Å². The third-order valence-electron chi connectivity index (χ3n) is 4.49. The van der Waals surface area contributed by atoms with E-state index in [2.05, 4.69) is 17.1 Å². The highest BCUT2D eigenvalue weighted by atomic mass is 16.5. The van der Waals surface area contributed by atoms with Gasteiger partial charge in [0.2, 0.25) is 5.91 Å². The number of likely N-dealkylation sites (tertiary alicyclic amines) is 1. The second-order valence-electron chi connectivity index (χ2n) is 6.00. The second-order valence-corrected chi connectivity index (χ2v) is 6.00. The van der Waals surface area contributed by atoms with E-state index >= 15 is 0 Å². The molecule has 2 heterocycles. The fourth-order valence-corrected chi connectivity index (χ4v) is 3.11. The first-order valence-corrected chi connectivity index (χ1v) is 8.03. The summed E-state index contributed by atoms with van der Waals surface area (Å²) in [6.45, 7) is 3.29. The van der Waals surface area contributed by atoms with Gasteiger partial charge in [-0.05, 0) is 36.6 Å². The van der Waals surface area contributed by atoms with Crippen molar-refractivity contribution in [2.75, 3.05) is 20.2 Å². The molecule has 0 radical (unpaired) electrons. The van der Waals surface area contributed by atoms with Crippen molar-refractivity contribution < 1.29 is 9.53 Å². The summed E-state index contributed by atoms with van der Waals surface area (Å²) in [7, 11) is 1.67. The molecule has 1 amide bonds. The molecule has 0 N–H and O–H groups in total. The lowest BCUT2D eigenvalue weighted by Gasteiger charge is -2.31. The smallest absolute Gasteiger partial charge is 0.219 e. The van der Waals surface area contributed by atoms with Crippen molar-refractivity contribution in [1.82, 2.24) is 9.88 Å². The van der Waals surface area contributed by atoms with Crippen molar-refractivity contribution in [2.45, 2.75) is 25.7 Å². The van der Waals surface area contributed by atoms with Crippen LogP contribution in [0, 0.1) is 0 Å². The summed E-state index contributed by atoms with van der Waals surface area (Å²) in [5, 5.41) is 0. The number of carbonyl (C=O) groups is 1. The molecule has 2 aromatic rings. The minimum absolute atomic E-state index is 0.157. The lowest BCUT2D eigenvalue weighted by atomic mass is 9.93. The standard InChI is InChI=1S/C19H22N2O2/c1-14(22)21-11-3-4-17(13-21)19-10-7-16(12-20-19)15-5-8-18(23-2)9-6-15/h5-10,12,17H,3-4,11,13H2,1-2H3/t17-/m0/s1. The summed E-state index contributed by atoms with van der Waals surface area (Å²) in [5.74, 6) is 1.35. The van der Waals surface area contributed by atoms with Crippen LogP contribution < -0.4 is 4.74 Å². The first kappa shape index (κ1) is 15.5. The third-order valence-corrected chi connectivity index (χ3v) is 4.49. The average Bonchev–Trinajstić information content (AvgIpc) is 2.62. The zero-order chi connectivity index (χ0) is 16.2. The molecule has 1 atom stereocenters. The lowest BCUT2D eigenvalue weighted by Crippen LogP contribution is -2.37. The highest BCUT2D eigenvalue weighted by molar-refractivity contribution is 5.73. The van der Waals surface area contributed by atoms with Gasteiger partial charge in [0, 0.05) is 43.4 Å². The van der Waals surface area contributed by atoms with E-state index in [1.807, 2.05) is 35.4 Å². The molecule has 0 unspecified atom stereocenters. The molecule has 1 aliphatic rings. The van der Waals surface area contributed by atoms with E-state index in [1.165, 1.54) is 0 Å². The van der Waals surface area contributed by atoms with Crippen LogP contribution in [0.15, 0.2) is 42.6 Å². The van der Waals surface area contributed by atoms with E-state index in [9.17, 15) is 4.79 Å². The molecule has 1 fully saturated rings. The first-order chi connectivity index (χ1) is 11.2. The topological polar surface area (TPSA) is 42.4 Å². The summed E-state index contributed by atoms with van der Waals surface area (Å²) in [4.78, 5) is 18.1. The van der Waals surface area contributed by atoms with Crippen LogP contribution in [0.25, 0.3) is 11.1 Å². The maximum absolute atomic E-state index is 11.6. The number of piperidine rings is 1. The van der Waals surface area contributed by atoms with Crippen LogP contribution >= 0.6 is 0 Å². The Morgan fingerprint density at radius 2 is 1.91 bits per heavy atom. The fourth-order valence-electron chi connectivity index (χ4n) is 3.11. The Hall–Kier alpha value is -2.36. The summed E-state index contributed by atoms with van der Waals surface area (Å²) in [6, 6.07) is 12.2. The normalized spacial score (nSPS) is 17.8. The van der Waals surface area contributed by atoms with Gasteiger partial charge in [0.25, 0.3) is 0 Å². The van der Waals surface area contributed by atoms with Crippen molar-refractivity contribution in [3.05, 3.63) is 48.3 Å². The van der Waals surface area contributed by atoms with Crippen molar-refractivity contribution >= 4 is 5.91 Å². The summed E-state index contributed by atoms with van der Waals surface area (Å²) >= 11 is 0. The van der Waals surface area contributed by atoms with Crippen LogP contribution in [0.5, 0.6) is 5.75 Å². The molecular formula is C19H22N2O2. The molecular weight excluding hydrogens is 288 g/mol. The monoisotopic (exact) mass is 310 g/mol. The number of hydrogen-bond acceptors (Lipinski definition) is 3. The molecule has 0 bridgehead atoms. The molecule has 23 heavy (non-hydrogen) atoms. The van der Waals surface area contributed by atoms with E-state index in [0.717, 1.165) is 48.5 Å². The van der Waals surface area contributed by atoms with Crippen molar-refractivity contribution in [3.8, 4) is 16.9 Å². The maximum atomic E-state index is 11.6. The van der Waals surface area contributed by atoms with Crippen LogP contribution in [-0.2, 0) is 4.79 Å². The number of hydrogen-bond donors (Lipinski definition) is 0. The molecule has 1 aromatic carbocycles. The Morgan fingerprint density at radius 3 is 2.52 bits per heavy atom. The summed E-state index contributed by atoms with van der Waals surface area (Å²) in [6.07, 6.45) is 4.06. The van der Waals surface area contributed by atoms with Crippen LogP contribution in [0.4, 0.5) is 0 Å². The number of amides is 1. The summed E-state index contributed by atoms with van der Waals surface area (Å²) in [5.41, 5.74) is 3.29. The van der Waals surface area contributed by atoms with Crippen LogP contribution in [0.2, 0.25) is 0 Å². The molecule has 0 saturated carbocycles. The SMILES string of the molecule is COc1ccc(-c2ccc([C@H]3CCCN(C(C)=O)C3)nc2)cc1. The van der Waals surface area contributed by atoms with Gasteiger partial charge in [0.05, 0.1) is 7.11 Å². The predicted molar refractivity (Wildman–Crippen MR) is 90.5 cm³/mol. The minimum Gasteiger partial charge on any atom is -0.497 e. The summed E-state index contributed by atoms with van der Waals surface area (Å²) < 4.78 is 5.19. The molecule has 3 rings (SSSR count). The van der Waals surface area contributed by atoms with Gasteiger partial charge < -0.3 is 9.64 Å². The zero-order valence-corrected chi connectivity index (χ0v) is 13.7. The number of aromatic nitrogens is 1. The van der Waals surface area contributed by atoms with Gasteiger partial charge in [0.1, 0.15) is 5.75 Å². The van der Waals surface area contributed by atoms with Gasteiger partial charge in [-0.3, -0.25) is 9.78 Å². The largest absolute Gasteiger partial charge is 0.497 e. The number of nitrogens with zero attached hydrogens (tertiary/aromatic N) is 2. The highest BCUT2D eigenvalue weighted by Gasteiger charge is 2.23. The molecule has 4 nitrogen and oxygen atoms in total. The van der Waals surface area contributed by atoms with Gasteiger partial charge in [-0.15, -0.1) is 0 Å². The first-order valence-electron chi connectivity index (χ1n) is 8.03. The number of pyridine rings is 1. The van der Waals surface area contributed by atoms with Gasteiger partial charge in [-0.2, -0.15) is 0 Å². The number of benzene rings is 1. The van der Waals surface area contributed by atoms with Crippen LogP contribution in [0.3, 0.4) is 0 Å². The quantitative estimate of drug-likeness (QED) is 0.871. The van der Waals surface area contributed by atoms with Gasteiger partial charge in [-0.1, -0.05) is 18.2 Å². The van der Waals surface area contributed by atoms with Crippen molar-refractivity contribution in [2.24, 2.45) is 0 Å². The van der Waals surface area contributed by atoms with Crippen molar-refractivity contribution in [3.63, 3.8) is 0 Å². The van der Waals surface area contributed by atoms with E-state index in [4.69, 9.17) is 4.74 Å². The Balaban J connectivity index is 1.74. The predicted octanol–water partition coefficient (Wildman–Crippen LogP) is 3.48.